The minimum atomic E-state index is 0.834. The number of allylic oxidation sites excluding steroid dienone is 2. The second kappa shape index (κ2) is 5.23. The van der Waals surface area contributed by atoms with Crippen LogP contribution in [0.5, 0.6) is 0 Å². The van der Waals surface area contributed by atoms with Gasteiger partial charge in [0, 0.05) is 0 Å². The summed E-state index contributed by atoms with van der Waals surface area (Å²) in [5.74, 6) is 2.96. The maximum Gasteiger partial charge on any atom is 0.153 e. The van der Waals surface area contributed by atoms with Gasteiger partial charge in [-0.2, -0.15) is 0 Å². The monoisotopic (exact) mass is 204 g/mol. The van der Waals surface area contributed by atoms with Crippen molar-refractivity contribution < 1.29 is 0 Å². The molecule has 0 nitrogen and oxygen atoms in total. The number of hydrogen-bond acceptors (Lipinski definition) is 0. The van der Waals surface area contributed by atoms with E-state index in [1.54, 1.807) is 0 Å². The molecule has 0 aromatic heterocycles. The van der Waals surface area contributed by atoms with E-state index in [4.69, 9.17) is 0 Å². The van der Waals surface area contributed by atoms with Crippen molar-refractivity contribution >= 4 is 6.71 Å². The summed E-state index contributed by atoms with van der Waals surface area (Å²) in [4.78, 5) is 0. The second-order valence-electron chi connectivity index (χ2n) is 5.65. The van der Waals surface area contributed by atoms with E-state index in [1.165, 1.54) is 44.9 Å². The number of hydrogen-bond donors (Lipinski definition) is 0. The van der Waals surface area contributed by atoms with E-state index < -0.39 is 0 Å². The third-order valence-corrected chi connectivity index (χ3v) is 4.67. The van der Waals surface area contributed by atoms with Gasteiger partial charge in [0.2, 0.25) is 0 Å². The van der Waals surface area contributed by atoms with Gasteiger partial charge in [0.1, 0.15) is 0 Å². The highest BCUT2D eigenvalue weighted by molar-refractivity contribution is 6.64. The van der Waals surface area contributed by atoms with Gasteiger partial charge in [-0.15, -0.1) is 0 Å². The highest BCUT2D eigenvalue weighted by Crippen LogP contribution is 2.50. The summed E-state index contributed by atoms with van der Waals surface area (Å²) in [5.41, 5.74) is 0. The zero-order chi connectivity index (χ0) is 10.7. The van der Waals surface area contributed by atoms with E-state index in [0.717, 1.165) is 24.2 Å². The molecule has 2 bridgehead atoms. The van der Waals surface area contributed by atoms with Gasteiger partial charge >= 0.3 is 0 Å². The van der Waals surface area contributed by atoms with Crippen LogP contribution in [0.25, 0.3) is 0 Å². The molecular formula is C14H25B. The first-order chi connectivity index (χ1) is 7.33. The van der Waals surface area contributed by atoms with Crippen LogP contribution in [0.3, 0.4) is 0 Å². The Hall–Kier alpha value is -0.195. The molecule has 2 saturated heterocycles. The lowest BCUT2D eigenvalue weighted by Gasteiger charge is -2.42. The van der Waals surface area contributed by atoms with Crippen molar-refractivity contribution in [2.24, 2.45) is 0 Å². The fourth-order valence-electron chi connectivity index (χ4n) is 4.07. The molecular weight excluding hydrogens is 179 g/mol. The van der Waals surface area contributed by atoms with Crippen LogP contribution in [-0.2, 0) is 0 Å². The number of fused-ring (bicyclic) bond motifs is 2. The molecule has 1 heteroatoms. The lowest BCUT2D eigenvalue weighted by molar-refractivity contribution is 0.438. The Bertz CT molecular complexity index is 199. The maximum absolute atomic E-state index is 2.49. The topological polar surface area (TPSA) is 0 Å². The maximum atomic E-state index is 2.49. The molecule has 1 unspecified atom stereocenters. The van der Waals surface area contributed by atoms with Crippen LogP contribution < -0.4 is 0 Å². The largest absolute Gasteiger partial charge is 0.153 e. The Morgan fingerprint density at radius 1 is 1.13 bits per heavy atom. The quantitative estimate of drug-likeness (QED) is 0.451. The Labute approximate surface area is 95.6 Å². The zero-order valence-electron chi connectivity index (χ0n) is 10.4. The summed E-state index contributed by atoms with van der Waals surface area (Å²) in [6.45, 7) is 5.72. The molecule has 0 radical (unpaired) electrons. The van der Waals surface area contributed by atoms with Crippen LogP contribution >= 0.6 is 0 Å². The summed E-state index contributed by atoms with van der Waals surface area (Å²) in [6, 6.07) is 0. The van der Waals surface area contributed by atoms with Crippen molar-refractivity contribution in [3.05, 3.63) is 12.2 Å². The van der Waals surface area contributed by atoms with E-state index in [0.29, 0.717) is 0 Å². The molecule has 84 valence electrons. The Balaban J connectivity index is 2.02. The Morgan fingerprint density at radius 3 is 2.13 bits per heavy atom. The first kappa shape index (κ1) is 11.3. The highest BCUT2D eigenvalue weighted by Gasteiger charge is 2.40. The first-order valence-electron chi connectivity index (χ1n) is 6.99. The molecule has 2 fully saturated rings. The first-order valence-corrected chi connectivity index (χ1v) is 6.99. The fraction of sp³-hybridized carbons (Fsp3) is 0.857. The average molecular weight is 204 g/mol. The van der Waals surface area contributed by atoms with Crippen molar-refractivity contribution in [2.75, 3.05) is 0 Å². The van der Waals surface area contributed by atoms with E-state index >= 15 is 0 Å². The van der Waals surface area contributed by atoms with Crippen molar-refractivity contribution in [1.29, 1.82) is 0 Å². The molecule has 0 amide bonds. The summed E-state index contributed by atoms with van der Waals surface area (Å²) < 4.78 is 0. The molecule has 2 aliphatic rings. The molecule has 0 aromatic rings. The normalized spacial score (nSPS) is 33.3. The molecule has 15 heavy (non-hydrogen) atoms. The molecule has 0 aromatic carbocycles. The van der Waals surface area contributed by atoms with Gasteiger partial charge in [0.25, 0.3) is 0 Å². The van der Waals surface area contributed by atoms with E-state index in [-0.39, 0.29) is 0 Å². The lowest BCUT2D eigenvalue weighted by Crippen LogP contribution is -2.37. The van der Waals surface area contributed by atoms with E-state index in [2.05, 4.69) is 26.0 Å². The molecule has 0 saturated carbocycles. The second-order valence-corrected chi connectivity index (χ2v) is 5.65. The number of rotatable bonds is 3. The third kappa shape index (κ3) is 2.49. The van der Waals surface area contributed by atoms with Gasteiger partial charge in [-0.25, -0.2) is 0 Å². The van der Waals surface area contributed by atoms with Crippen molar-refractivity contribution in [3.8, 4) is 0 Å². The molecule has 0 N–H and O–H groups in total. The van der Waals surface area contributed by atoms with Gasteiger partial charge < -0.3 is 0 Å². The van der Waals surface area contributed by atoms with E-state index in [1.807, 2.05) is 0 Å². The van der Waals surface area contributed by atoms with Crippen LogP contribution in [-0.4, -0.2) is 6.71 Å². The van der Waals surface area contributed by atoms with Gasteiger partial charge in [-0.3, -0.25) is 0 Å². The molecule has 2 heterocycles. The van der Waals surface area contributed by atoms with Crippen LogP contribution in [0.15, 0.2) is 12.2 Å². The van der Waals surface area contributed by atoms with Crippen LogP contribution in [0.1, 0.15) is 58.8 Å². The summed E-state index contributed by atoms with van der Waals surface area (Å²) >= 11 is 0. The van der Waals surface area contributed by atoms with Crippen LogP contribution in [0.4, 0.5) is 0 Å². The smallest absolute Gasteiger partial charge is 0.0929 e. The summed E-state index contributed by atoms with van der Waals surface area (Å²) in [7, 11) is 0. The van der Waals surface area contributed by atoms with Crippen molar-refractivity contribution in [2.45, 2.75) is 76.2 Å². The van der Waals surface area contributed by atoms with Crippen molar-refractivity contribution in [3.63, 3.8) is 0 Å². The zero-order valence-corrected chi connectivity index (χ0v) is 10.4. The van der Waals surface area contributed by atoms with Gasteiger partial charge in [0.15, 0.2) is 6.71 Å². The van der Waals surface area contributed by atoms with Crippen molar-refractivity contribution in [1.82, 2.24) is 0 Å². The van der Waals surface area contributed by atoms with Crippen LogP contribution in [0, 0.1) is 0 Å². The van der Waals surface area contributed by atoms with E-state index in [9.17, 15) is 0 Å². The summed E-state index contributed by atoms with van der Waals surface area (Å²) in [6.07, 6.45) is 15.2. The fourth-order valence-corrected chi connectivity index (χ4v) is 4.07. The molecule has 1 atom stereocenters. The molecule has 0 aliphatic carbocycles. The lowest BCUT2D eigenvalue weighted by atomic mass is 9.23. The molecule has 0 spiro atoms. The standard InChI is InChI=1S/C14H25B/c1-3-4-7-12(2)15-13-8-5-9-14(15)11-6-10-13/h4,7,12-14H,3,5-6,8-11H2,1-2H3/b7-4-. The Morgan fingerprint density at radius 2 is 1.67 bits per heavy atom. The Kier molecular flexibility index (Phi) is 3.94. The third-order valence-electron chi connectivity index (χ3n) is 4.67. The summed E-state index contributed by atoms with van der Waals surface area (Å²) in [5, 5.41) is 0. The molecule has 2 rings (SSSR count). The minimum Gasteiger partial charge on any atom is -0.0929 e. The van der Waals surface area contributed by atoms with Gasteiger partial charge in [-0.05, 0) is 12.2 Å². The predicted octanol–water partition coefficient (Wildman–Crippen LogP) is 4.95. The highest BCUT2D eigenvalue weighted by atomic mass is 14.3. The molecule has 2 aliphatic heterocycles. The minimum absolute atomic E-state index is 0.834. The van der Waals surface area contributed by atoms with Gasteiger partial charge in [-0.1, -0.05) is 76.2 Å². The SMILES string of the molecule is CC/C=C\C(C)B1C2CCCC1CCC2. The van der Waals surface area contributed by atoms with Gasteiger partial charge in [0.05, 0.1) is 0 Å². The van der Waals surface area contributed by atoms with Crippen LogP contribution in [0.2, 0.25) is 17.5 Å². The predicted molar refractivity (Wildman–Crippen MR) is 69.8 cm³/mol. The average Bonchev–Trinajstić information content (AvgIpc) is 2.24.